The van der Waals surface area contributed by atoms with E-state index < -0.39 is 0 Å². The molecule has 0 fully saturated rings. The van der Waals surface area contributed by atoms with Crippen LogP contribution >= 0.6 is 0 Å². The molecule has 0 N–H and O–H groups in total. The molecule has 0 amide bonds. The van der Waals surface area contributed by atoms with E-state index in [0.717, 1.165) is 28.0 Å². The Morgan fingerprint density at radius 1 is 0.658 bits per heavy atom. The van der Waals surface area contributed by atoms with E-state index in [1.165, 1.54) is 32.9 Å². The van der Waals surface area contributed by atoms with Crippen LogP contribution in [0.25, 0.3) is 44.2 Å². The third-order valence-corrected chi connectivity index (χ3v) is 7.95. The Morgan fingerprint density at radius 3 is 1.92 bits per heavy atom. The van der Waals surface area contributed by atoms with Gasteiger partial charge in [-0.25, -0.2) is 0 Å². The zero-order chi connectivity index (χ0) is 26.4. The lowest BCUT2D eigenvalue weighted by atomic mass is 9.85. The molecule has 2 aromatic heterocycles. The van der Waals surface area contributed by atoms with E-state index in [9.17, 15) is 0 Å². The normalized spacial score (nSPS) is 13.6. The Hall–Kier alpha value is -4.05. The number of rotatable bonds is 1. The van der Waals surface area contributed by atoms with Gasteiger partial charge in [-0.15, -0.1) is 0 Å². The molecule has 190 valence electrons. The summed E-state index contributed by atoms with van der Waals surface area (Å²) >= 11 is 0. The van der Waals surface area contributed by atoms with Crippen molar-refractivity contribution < 1.29 is 4.74 Å². The van der Waals surface area contributed by atoms with Gasteiger partial charge in [0.1, 0.15) is 6.61 Å². The maximum Gasteiger partial charge on any atom is 0.302 e. The zero-order valence-corrected chi connectivity index (χ0v) is 23.0. The number of hydrogen-bond acceptors (Lipinski definition) is 2. The molecule has 6 aromatic rings. The number of aromatic nitrogens is 3. The molecule has 0 spiro atoms. The molecule has 4 heteroatoms. The number of para-hydroxylation sites is 2. The molecule has 0 radical (unpaired) electrons. The Balaban J connectivity index is 1.48. The van der Waals surface area contributed by atoms with E-state index >= 15 is 0 Å². The second kappa shape index (κ2) is 7.73. The van der Waals surface area contributed by atoms with Crippen molar-refractivity contribution in [3.8, 4) is 17.4 Å². The van der Waals surface area contributed by atoms with Crippen molar-refractivity contribution in [3.05, 3.63) is 95.6 Å². The van der Waals surface area contributed by atoms with Crippen molar-refractivity contribution in [2.45, 2.75) is 59.0 Å². The smallest absolute Gasteiger partial charge is 0.302 e. The minimum Gasteiger partial charge on any atom is -0.459 e. The van der Waals surface area contributed by atoms with E-state index in [1.807, 2.05) is 12.1 Å². The molecule has 0 aliphatic carbocycles. The van der Waals surface area contributed by atoms with E-state index in [2.05, 4.69) is 117 Å². The van der Waals surface area contributed by atoms with Gasteiger partial charge >= 0.3 is 6.01 Å². The second-order valence-electron chi connectivity index (χ2n) is 12.6. The summed E-state index contributed by atoms with van der Waals surface area (Å²) in [5, 5.41) is 2.60. The minimum absolute atomic E-state index is 0.0820. The molecule has 0 saturated carbocycles. The van der Waals surface area contributed by atoms with Crippen LogP contribution in [-0.4, -0.2) is 14.1 Å². The molecule has 0 saturated heterocycles. The van der Waals surface area contributed by atoms with Crippen molar-refractivity contribution in [2.75, 3.05) is 0 Å². The van der Waals surface area contributed by atoms with Crippen LogP contribution in [-0.2, 0) is 17.4 Å². The predicted octanol–water partition coefficient (Wildman–Crippen LogP) is 8.61. The summed E-state index contributed by atoms with van der Waals surface area (Å²) in [5.41, 5.74) is 10.8. The molecule has 0 unspecified atom stereocenters. The maximum atomic E-state index is 6.13. The molecule has 4 aromatic carbocycles. The summed E-state index contributed by atoms with van der Waals surface area (Å²) in [7, 11) is 0. The van der Waals surface area contributed by atoms with Gasteiger partial charge in [-0.05, 0) is 76.6 Å². The van der Waals surface area contributed by atoms with Crippen LogP contribution in [0.15, 0.2) is 78.9 Å². The maximum absolute atomic E-state index is 6.13. The molecule has 3 heterocycles. The topological polar surface area (TPSA) is 32.0 Å². The third kappa shape index (κ3) is 3.39. The first kappa shape index (κ1) is 23.1. The Bertz CT molecular complexity index is 1820. The first-order valence-corrected chi connectivity index (χ1v) is 13.4. The molecular weight excluding hydrogens is 466 g/mol. The van der Waals surface area contributed by atoms with E-state index in [1.54, 1.807) is 0 Å². The van der Waals surface area contributed by atoms with Gasteiger partial charge in [0.15, 0.2) is 0 Å². The van der Waals surface area contributed by atoms with Crippen molar-refractivity contribution >= 4 is 32.8 Å². The monoisotopic (exact) mass is 499 g/mol. The zero-order valence-electron chi connectivity index (χ0n) is 23.0. The van der Waals surface area contributed by atoms with Crippen molar-refractivity contribution in [1.82, 2.24) is 14.1 Å². The quantitative estimate of drug-likeness (QED) is 0.227. The molecule has 4 nitrogen and oxygen atoms in total. The number of hydrogen-bond donors (Lipinski definition) is 0. The van der Waals surface area contributed by atoms with E-state index in [0.29, 0.717) is 12.6 Å². The summed E-state index contributed by atoms with van der Waals surface area (Å²) in [6, 6.07) is 29.5. The highest BCUT2D eigenvalue weighted by molar-refractivity contribution is 6.10. The predicted molar refractivity (Wildman–Crippen MR) is 157 cm³/mol. The van der Waals surface area contributed by atoms with Crippen LogP contribution in [0.4, 0.5) is 0 Å². The number of benzene rings is 4. The number of fused-ring (bicyclic) bond motifs is 8. The van der Waals surface area contributed by atoms with Crippen LogP contribution in [0.1, 0.15) is 58.2 Å². The summed E-state index contributed by atoms with van der Waals surface area (Å²) < 4.78 is 10.7. The van der Waals surface area contributed by atoms with Crippen LogP contribution in [0.2, 0.25) is 0 Å². The van der Waals surface area contributed by atoms with Crippen molar-refractivity contribution in [2.24, 2.45) is 0 Å². The average Bonchev–Trinajstić information content (AvgIpc) is 3.42. The third-order valence-electron chi connectivity index (χ3n) is 7.95. The summed E-state index contributed by atoms with van der Waals surface area (Å²) in [4.78, 5) is 4.70. The Morgan fingerprint density at radius 2 is 1.29 bits per heavy atom. The lowest BCUT2D eigenvalue weighted by Crippen LogP contribution is -2.13. The molecule has 1 aliphatic heterocycles. The van der Waals surface area contributed by atoms with Gasteiger partial charge in [0.2, 0.25) is 0 Å². The summed E-state index contributed by atoms with van der Waals surface area (Å²) in [6.45, 7) is 14.2. The van der Waals surface area contributed by atoms with Gasteiger partial charge in [0, 0.05) is 22.0 Å². The fourth-order valence-corrected chi connectivity index (χ4v) is 5.76. The number of nitrogens with zero attached hydrogens (tertiary/aromatic N) is 3. The average molecular weight is 500 g/mol. The minimum atomic E-state index is 0.0820. The van der Waals surface area contributed by atoms with Gasteiger partial charge in [0.25, 0.3) is 0 Å². The van der Waals surface area contributed by atoms with Gasteiger partial charge in [-0.1, -0.05) is 65.8 Å². The lowest BCUT2D eigenvalue weighted by molar-refractivity contribution is 0.265. The molecule has 0 bridgehead atoms. The fourth-order valence-electron chi connectivity index (χ4n) is 5.76. The van der Waals surface area contributed by atoms with Gasteiger partial charge in [0.05, 0.1) is 27.8 Å². The van der Waals surface area contributed by atoms with Gasteiger partial charge < -0.3 is 9.30 Å². The highest BCUT2D eigenvalue weighted by Gasteiger charge is 2.24. The van der Waals surface area contributed by atoms with E-state index in [-0.39, 0.29) is 10.8 Å². The number of imidazole rings is 1. The Labute approximate surface area is 223 Å². The van der Waals surface area contributed by atoms with Gasteiger partial charge in [-0.3, -0.25) is 4.57 Å². The molecule has 38 heavy (non-hydrogen) atoms. The summed E-state index contributed by atoms with van der Waals surface area (Å²) in [5.74, 6) is 0. The highest BCUT2D eigenvalue weighted by Crippen LogP contribution is 2.39. The molecule has 0 atom stereocenters. The molecule has 7 rings (SSSR count). The Kier molecular flexibility index (Phi) is 4.70. The van der Waals surface area contributed by atoms with Crippen LogP contribution in [0, 0.1) is 0 Å². The number of ether oxygens (including phenoxy) is 1. The standard InChI is InChI=1S/C34H33N3O/c1-33(2,3)22-11-14-29-25(18-22)26-19-23(34(4,5)6)12-15-30(26)36(29)24-13-16-28-21(17-24)20-38-32-35-27-9-7-8-10-31(27)37(28)32/h7-19H,20H2,1-6H3. The van der Waals surface area contributed by atoms with Crippen molar-refractivity contribution in [3.63, 3.8) is 0 Å². The van der Waals surface area contributed by atoms with Crippen LogP contribution in [0.5, 0.6) is 6.01 Å². The second-order valence-corrected chi connectivity index (χ2v) is 12.6. The fraction of sp³-hybridized carbons (Fsp3) is 0.265. The van der Waals surface area contributed by atoms with Crippen LogP contribution < -0.4 is 4.74 Å². The first-order chi connectivity index (χ1) is 18.1. The van der Waals surface area contributed by atoms with Crippen molar-refractivity contribution in [1.29, 1.82) is 0 Å². The highest BCUT2D eigenvalue weighted by atomic mass is 16.5. The summed E-state index contributed by atoms with van der Waals surface area (Å²) in [6.07, 6.45) is 0. The SMILES string of the molecule is CC(C)(C)c1ccc2c(c1)c1cc(C(C)(C)C)ccc1n2-c1ccc2c(c1)COc1nc3ccccc3n1-2. The lowest BCUT2D eigenvalue weighted by Gasteiger charge is -2.21. The van der Waals surface area contributed by atoms with Gasteiger partial charge in [-0.2, -0.15) is 4.98 Å². The molecule has 1 aliphatic rings. The molecular formula is C34H33N3O. The first-order valence-electron chi connectivity index (χ1n) is 13.4. The van der Waals surface area contributed by atoms with E-state index in [4.69, 9.17) is 9.72 Å². The van der Waals surface area contributed by atoms with Crippen LogP contribution in [0.3, 0.4) is 0 Å². The largest absolute Gasteiger partial charge is 0.459 e.